The minimum atomic E-state index is -4.17. The zero-order chi connectivity index (χ0) is 30.2. The molecule has 0 aliphatic rings. The third-order valence-electron chi connectivity index (χ3n) is 6.54. The summed E-state index contributed by atoms with van der Waals surface area (Å²) in [7, 11) is -2.66. The van der Waals surface area contributed by atoms with Gasteiger partial charge in [0, 0.05) is 23.1 Å². The minimum absolute atomic E-state index is 0.0199. The van der Waals surface area contributed by atoms with Gasteiger partial charge in [-0.2, -0.15) is 0 Å². The monoisotopic (exact) mass is 619 g/mol. The van der Waals surface area contributed by atoms with Crippen molar-refractivity contribution >= 4 is 50.7 Å². The maximum Gasteiger partial charge on any atom is 0.264 e. The molecule has 11 heteroatoms. The number of anilines is 1. The molecule has 0 saturated heterocycles. The van der Waals surface area contributed by atoms with Crippen LogP contribution in [0.25, 0.3) is 0 Å². The first kappa shape index (κ1) is 32.2. The minimum Gasteiger partial charge on any atom is -0.497 e. The lowest BCUT2D eigenvalue weighted by Crippen LogP contribution is -2.52. The van der Waals surface area contributed by atoms with E-state index < -0.39 is 28.5 Å². The quantitative estimate of drug-likeness (QED) is 0.259. The van der Waals surface area contributed by atoms with Crippen molar-refractivity contribution in [1.29, 1.82) is 0 Å². The molecule has 3 aromatic carbocycles. The summed E-state index contributed by atoms with van der Waals surface area (Å²) in [6.45, 7) is 5.46. The number of hydrogen-bond acceptors (Lipinski definition) is 5. The third-order valence-corrected chi connectivity index (χ3v) is 8.91. The van der Waals surface area contributed by atoms with Crippen LogP contribution in [0.3, 0.4) is 0 Å². The van der Waals surface area contributed by atoms with E-state index in [2.05, 4.69) is 5.32 Å². The Morgan fingerprint density at radius 2 is 1.63 bits per heavy atom. The SMILES string of the molecule is CCCNC(=O)[C@@H](CC)N(Cc1ccc(Cl)cc1Cl)C(=O)CN(c1ccc(OC)cc1)S(=O)(=O)c1ccc(C)cc1. The van der Waals surface area contributed by atoms with E-state index in [9.17, 15) is 18.0 Å². The van der Waals surface area contributed by atoms with E-state index in [1.807, 2.05) is 13.8 Å². The van der Waals surface area contributed by atoms with Gasteiger partial charge < -0.3 is 15.0 Å². The van der Waals surface area contributed by atoms with Gasteiger partial charge in [-0.15, -0.1) is 0 Å². The predicted octanol–water partition coefficient (Wildman–Crippen LogP) is 5.84. The zero-order valence-electron chi connectivity index (χ0n) is 23.6. The predicted molar refractivity (Wildman–Crippen MR) is 163 cm³/mol. The fraction of sp³-hybridized carbons (Fsp3) is 0.333. The topological polar surface area (TPSA) is 96.0 Å². The lowest BCUT2D eigenvalue weighted by Gasteiger charge is -2.33. The van der Waals surface area contributed by atoms with Crippen LogP contribution in [0.15, 0.2) is 71.6 Å². The van der Waals surface area contributed by atoms with Crippen LogP contribution in [-0.4, -0.2) is 51.4 Å². The highest BCUT2D eigenvalue weighted by atomic mass is 35.5. The van der Waals surface area contributed by atoms with Crippen molar-refractivity contribution in [2.75, 3.05) is 24.5 Å². The summed E-state index contributed by atoms with van der Waals surface area (Å²) >= 11 is 12.5. The highest BCUT2D eigenvalue weighted by Crippen LogP contribution is 2.28. The van der Waals surface area contributed by atoms with E-state index in [4.69, 9.17) is 27.9 Å². The van der Waals surface area contributed by atoms with E-state index in [0.717, 1.165) is 16.3 Å². The molecule has 0 radical (unpaired) electrons. The third kappa shape index (κ3) is 8.15. The molecular weight excluding hydrogens is 585 g/mol. The summed E-state index contributed by atoms with van der Waals surface area (Å²) in [4.78, 5) is 28.7. The maximum absolute atomic E-state index is 14.1. The van der Waals surface area contributed by atoms with Crippen LogP contribution in [0.1, 0.15) is 37.8 Å². The number of nitrogens with one attached hydrogen (secondary N) is 1. The molecule has 8 nitrogen and oxygen atoms in total. The van der Waals surface area contributed by atoms with Crippen molar-refractivity contribution in [2.45, 2.75) is 51.1 Å². The molecule has 3 aromatic rings. The molecule has 0 saturated carbocycles. The molecule has 0 aromatic heterocycles. The molecule has 41 heavy (non-hydrogen) atoms. The van der Waals surface area contributed by atoms with Gasteiger partial charge in [0.2, 0.25) is 11.8 Å². The Morgan fingerprint density at radius 3 is 2.20 bits per heavy atom. The molecule has 220 valence electrons. The normalized spacial score (nSPS) is 12.0. The zero-order valence-corrected chi connectivity index (χ0v) is 25.9. The molecule has 0 aliphatic carbocycles. The first-order valence-electron chi connectivity index (χ1n) is 13.3. The van der Waals surface area contributed by atoms with E-state index in [1.165, 1.54) is 24.1 Å². The summed E-state index contributed by atoms with van der Waals surface area (Å²) in [6, 6.07) is 16.8. The highest BCUT2D eigenvalue weighted by molar-refractivity contribution is 7.92. The van der Waals surface area contributed by atoms with Gasteiger partial charge in [-0.3, -0.25) is 13.9 Å². The average Bonchev–Trinajstić information content (AvgIpc) is 2.95. The highest BCUT2D eigenvalue weighted by Gasteiger charge is 2.34. The molecule has 0 heterocycles. The first-order chi connectivity index (χ1) is 19.5. The lowest BCUT2D eigenvalue weighted by molar-refractivity contribution is -0.140. The van der Waals surface area contributed by atoms with E-state index in [-0.39, 0.29) is 23.0 Å². The van der Waals surface area contributed by atoms with Gasteiger partial charge in [0.1, 0.15) is 18.3 Å². The fourth-order valence-corrected chi connectivity index (χ4v) is 6.12. The van der Waals surface area contributed by atoms with Gasteiger partial charge in [0.15, 0.2) is 0 Å². The average molecular weight is 621 g/mol. The second-order valence-corrected chi connectivity index (χ2v) is 12.2. The van der Waals surface area contributed by atoms with E-state index in [1.54, 1.807) is 61.5 Å². The number of carbonyl (C=O) groups is 2. The van der Waals surface area contributed by atoms with Crippen molar-refractivity contribution in [3.8, 4) is 5.75 Å². The molecule has 0 aliphatic heterocycles. The number of carbonyl (C=O) groups excluding carboxylic acids is 2. The molecule has 0 spiro atoms. The number of hydrogen-bond donors (Lipinski definition) is 1. The Balaban J connectivity index is 2.07. The number of methoxy groups -OCH3 is 1. The Bertz CT molecular complexity index is 1450. The van der Waals surface area contributed by atoms with E-state index >= 15 is 0 Å². The molecule has 2 amide bonds. The number of nitrogens with zero attached hydrogens (tertiary/aromatic N) is 2. The van der Waals surface area contributed by atoms with Crippen LogP contribution >= 0.6 is 23.2 Å². The number of aryl methyl sites for hydroxylation is 1. The Hall–Kier alpha value is -3.27. The van der Waals surface area contributed by atoms with Gasteiger partial charge in [0.25, 0.3) is 10.0 Å². The molecule has 1 atom stereocenters. The number of benzene rings is 3. The number of amides is 2. The largest absolute Gasteiger partial charge is 0.497 e. The second-order valence-electron chi connectivity index (χ2n) is 9.50. The van der Waals surface area contributed by atoms with Crippen molar-refractivity contribution in [1.82, 2.24) is 10.2 Å². The summed E-state index contributed by atoms with van der Waals surface area (Å²) in [5, 5.41) is 3.62. The second kappa shape index (κ2) is 14.6. The number of ether oxygens (including phenoxy) is 1. The van der Waals surface area contributed by atoms with Crippen LogP contribution in [0, 0.1) is 6.92 Å². The van der Waals surface area contributed by atoms with Crippen molar-refractivity contribution < 1.29 is 22.7 Å². The van der Waals surface area contributed by atoms with Crippen LogP contribution < -0.4 is 14.4 Å². The smallest absolute Gasteiger partial charge is 0.264 e. The molecule has 0 unspecified atom stereocenters. The van der Waals surface area contributed by atoms with Gasteiger partial charge in [0.05, 0.1) is 17.7 Å². The van der Waals surface area contributed by atoms with Crippen LogP contribution in [0.4, 0.5) is 5.69 Å². The van der Waals surface area contributed by atoms with E-state index in [0.29, 0.717) is 34.3 Å². The number of halogens is 2. The van der Waals surface area contributed by atoms with Gasteiger partial charge in [-0.05, 0) is 73.9 Å². The van der Waals surface area contributed by atoms with Gasteiger partial charge >= 0.3 is 0 Å². The van der Waals surface area contributed by atoms with Gasteiger partial charge in [-0.25, -0.2) is 8.42 Å². The summed E-state index contributed by atoms with van der Waals surface area (Å²) < 4.78 is 34.1. The molecular formula is C30H35Cl2N3O5S. The summed E-state index contributed by atoms with van der Waals surface area (Å²) in [5.74, 6) is -0.364. The number of sulfonamides is 1. The number of rotatable bonds is 13. The summed E-state index contributed by atoms with van der Waals surface area (Å²) in [6.07, 6.45) is 1.03. The Kier molecular flexibility index (Phi) is 11.5. The van der Waals surface area contributed by atoms with Crippen LogP contribution in [0.5, 0.6) is 5.75 Å². The standard InChI is InChI=1S/C30H35Cl2N3O5S/c1-5-17-33-30(37)28(6-2)34(19-22-9-10-23(31)18-27(22)32)29(36)20-35(24-11-13-25(40-4)14-12-24)41(38,39)26-15-7-21(3)8-16-26/h7-16,18,28H,5-6,17,19-20H2,1-4H3,(H,33,37)/t28-/m1/s1. The Morgan fingerprint density at radius 1 is 0.976 bits per heavy atom. The molecule has 0 fully saturated rings. The molecule has 3 rings (SSSR count). The maximum atomic E-state index is 14.1. The Labute approximate surface area is 252 Å². The van der Waals surface area contributed by atoms with Crippen molar-refractivity contribution in [2.24, 2.45) is 0 Å². The molecule has 1 N–H and O–H groups in total. The van der Waals surface area contributed by atoms with Crippen molar-refractivity contribution in [3.05, 3.63) is 87.9 Å². The lowest BCUT2D eigenvalue weighted by atomic mass is 10.1. The molecule has 0 bridgehead atoms. The van der Waals surface area contributed by atoms with Crippen molar-refractivity contribution in [3.63, 3.8) is 0 Å². The fourth-order valence-electron chi connectivity index (χ4n) is 4.23. The van der Waals surface area contributed by atoms with Crippen LogP contribution in [-0.2, 0) is 26.2 Å². The first-order valence-corrected chi connectivity index (χ1v) is 15.5. The summed E-state index contributed by atoms with van der Waals surface area (Å²) in [5.41, 5.74) is 1.74. The van der Waals surface area contributed by atoms with Crippen LogP contribution in [0.2, 0.25) is 10.0 Å². The van der Waals surface area contributed by atoms with Gasteiger partial charge in [-0.1, -0.05) is 60.8 Å².